The number of ketones is 1. The lowest BCUT2D eigenvalue weighted by Gasteiger charge is -2.26. The minimum atomic E-state index is 0.407. The second-order valence-corrected chi connectivity index (χ2v) is 4.00. The SMILES string of the molecule is Cc1ccc(C2CC(=O)C2)c(C)c1. The maximum absolute atomic E-state index is 10.9. The van der Waals surface area contributed by atoms with Crippen LogP contribution in [-0.4, -0.2) is 5.78 Å². The van der Waals surface area contributed by atoms with E-state index in [-0.39, 0.29) is 0 Å². The molecule has 0 atom stereocenters. The molecule has 0 spiro atoms. The summed E-state index contributed by atoms with van der Waals surface area (Å²) in [7, 11) is 0. The van der Waals surface area contributed by atoms with Gasteiger partial charge >= 0.3 is 0 Å². The van der Waals surface area contributed by atoms with Gasteiger partial charge in [-0.15, -0.1) is 0 Å². The van der Waals surface area contributed by atoms with Gasteiger partial charge in [0.25, 0.3) is 0 Å². The lowest BCUT2D eigenvalue weighted by atomic mass is 9.77. The highest BCUT2D eigenvalue weighted by Gasteiger charge is 2.28. The number of rotatable bonds is 1. The summed E-state index contributed by atoms with van der Waals surface area (Å²) in [5, 5.41) is 0. The van der Waals surface area contributed by atoms with Crippen LogP contribution < -0.4 is 0 Å². The predicted molar refractivity (Wildman–Crippen MR) is 52.9 cm³/mol. The molecule has 1 aromatic rings. The van der Waals surface area contributed by atoms with Crippen LogP contribution in [0.4, 0.5) is 0 Å². The molecule has 13 heavy (non-hydrogen) atoms. The lowest BCUT2D eigenvalue weighted by molar-refractivity contribution is -0.124. The minimum absolute atomic E-state index is 0.407. The van der Waals surface area contributed by atoms with Crippen LogP contribution in [0.5, 0.6) is 0 Å². The molecule has 2 rings (SSSR count). The highest BCUT2D eigenvalue weighted by molar-refractivity contribution is 5.86. The summed E-state index contributed by atoms with van der Waals surface area (Å²) in [5.41, 5.74) is 4.00. The van der Waals surface area contributed by atoms with Crippen LogP contribution in [0.15, 0.2) is 18.2 Å². The molecule has 1 heteroatoms. The zero-order chi connectivity index (χ0) is 9.42. The maximum Gasteiger partial charge on any atom is 0.134 e. The van der Waals surface area contributed by atoms with Gasteiger partial charge < -0.3 is 0 Å². The highest BCUT2D eigenvalue weighted by Crippen LogP contribution is 2.35. The average Bonchev–Trinajstić information content (AvgIpc) is 2.00. The molecule has 1 aliphatic carbocycles. The molecule has 0 aromatic heterocycles. The van der Waals surface area contributed by atoms with Gasteiger partial charge in [0.05, 0.1) is 0 Å². The first-order chi connectivity index (χ1) is 6.16. The van der Waals surface area contributed by atoms with Gasteiger partial charge in [0.2, 0.25) is 0 Å². The van der Waals surface area contributed by atoms with E-state index in [2.05, 4.69) is 32.0 Å². The van der Waals surface area contributed by atoms with Gasteiger partial charge in [-0.2, -0.15) is 0 Å². The molecular weight excluding hydrogens is 160 g/mol. The molecule has 1 aromatic carbocycles. The molecule has 0 bridgehead atoms. The van der Waals surface area contributed by atoms with Crippen LogP contribution in [0.1, 0.15) is 35.4 Å². The first kappa shape index (κ1) is 8.49. The van der Waals surface area contributed by atoms with Gasteiger partial charge in [0, 0.05) is 12.8 Å². The lowest BCUT2D eigenvalue weighted by Crippen LogP contribution is -2.21. The molecule has 1 saturated carbocycles. The van der Waals surface area contributed by atoms with Gasteiger partial charge in [-0.05, 0) is 30.9 Å². The smallest absolute Gasteiger partial charge is 0.134 e. The molecule has 0 aliphatic heterocycles. The Kier molecular flexibility index (Phi) is 1.95. The Hall–Kier alpha value is -1.11. The third-order valence-corrected chi connectivity index (χ3v) is 2.81. The van der Waals surface area contributed by atoms with Crippen molar-refractivity contribution in [2.45, 2.75) is 32.6 Å². The van der Waals surface area contributed by atoms with E-state index in [1.54, 1.807) is 0 Å². The summed E-state index contributed by atoms with van der Waals surface area (Å²) in [6, 6.07) is 6.49. The standard InChI is InChI=1S/C12H14O/c1-8-3-4-12(9(2)5-8)10-6-11(13)7-10/h3-5,10H,6-7H2,1-2H3. The number of hydrogen-bond acceptors (Lipinski definition) is 1. The van der Waals surface area contributed by atoms with Gasteiger partial charge in [-0.1, -0.05) is 23.8 Å². The number of carbonyl (C=O) groups excluding carboxylic acids is 1. The first-order valence-electron chi connectivity index (χ1n) is 4.75. The van der Waals surface area contributed by atoms with E-state index in [1.165, 1.54) is 16.7 Å². The van der Waals surface area contributed by atoms with E-state index >= 15 is 0 Å². The summed E-state index contributed by atoms with van der Waals surface area (Å²) >= 11 is 0. The van der Waals surface area contributed by atoms with E-state index in [4.69, 9.17) is 0 Å². The van der Waals surface area contributed by atoms with Gasteiger partial charge in [0.1, 0.15) is 5.78 Å². The number of carbonyl (C=O) groups is 1. The molecule has 0 unspecified atom stereocenters. The maximum atomic E-state index is 10.9. The van der Waals surface area contributed by atoms with Crippen molar-refractivity contribution in [3.05, 3.63) is 34.9 Å². The normalized spacial score (nSPS) is 17.2. The van der Waals surface area contributed by atoms with Crippen molar-refractivity contribution in [1.82, 2.24) is 0 Å². The van der Waals surface area contributed by atoms with Crippen molar-refractivity contribution in [3.63, 3.8) is 0 Å². The van der Waals surface area contributed by atoms with Gasteiger partial charge in [0.15, 0.2) is 0 Å². The Morgan fingerprint density at radius 2 is 1.92 bits per heavy atom. The van der Waals surface area contributed by atoms with E-state index in [0.29, 0.717) is 11.7 Å². The van der Waals surface area contributed by atoms with Crippen molar-refractivity contribution in [2.24, 2.45) is 0 Å². The van der Waals surface area contributed by atoms with Crippen LogP contribution in [0.2, 0.25) is 0 Å². The second-order valence-electron chi connectivity index (χ2n) is 4.00. The Balaban J connectivity index is 2.26. The van der Waals surface area contributed by atoms with Crippen LogP contribution >= 0.6 is 0 Å². The van der Waals surface area contributed by atoms with Crippen molar-refractivity contribution in [2.75, 3.05) is 0 Å². The van der Waals surface area contributed by atoms with Crippen LogP contribution in [0.3, 0.4) is 0 Å². The Bertz CT molecular complexity index is 344. The molecule has 0 saturated heterocycles. The molecular formula is C12H14O. The van der Waals surface area contributed by atoms with Gasteiger partial charge in [-0.3, -0.25) is 4.79 Å². The zero-order valence-electron chi connectivity index (χ0n) is 8.13. The molecule has 0 N–H and O–H groups in total. The molecule has 0 radical (unpaired) electrons. The molecule has 1 nitrogen and oxygen atoms in total. The summed E-state index contributed by atoms with van der Waals surface area (Å²) in [4.78, 5) is 10.9. The average molecular weight is 174 g/mol. The zero-order valence-corrected chi connectivity index (χ0v) is 8.13. The molecule has 1 aliphatic rings. The van der Waals surface area contributed by atoms with E-state index in [0.717, 1.165) is 12.8 Å². The van der Waals surface area contributed by atoms with Crippen molar-refractivity contribution in [3.8, 4) is 0 Å². The minimum Gasteiger partial charge on any atom is -0.300 e. The fourth-order valence-electron chi connectivity index (χ4n) is 1.99. The summed E-state index contributed by atoms with van der Waals surface area (Å²) in [6.45, 7) is 4.23. The van der Waals surface area contributed by atoms with E-state index in [9.17, 15) is 4.79 Å². The Morgan fingerprint density at radius 1 is 1.23 bits per heavy atom. The number of aryl methyl sites for hydroxylation is 2. The van der Waals surface area contributed by atoms with Gasteiger partial charge in [-0.25, -0.2) is 0 Å². The monoisotopic (exact) mass is 174 g/mol. The third-order valence-electron chi connectivity index (χ3n) is 2.81. The first-order valence-corrected chi connectivity index (χ1v) is 4.75. The summed E-state index contributed by atoms with van der Waals surface area (Å²) in [5.74, 6) is 0.915. The molecule has 0 amide bonds. The van der Waals surface area contributed by atoms with Crippen molar-refractivity contribution in [1.29, 1.82) is 0 Å². The summed E-state index contributed by atoms with van der Waals surface area (Å²) < 4.78 is 0. The van der Waals surface area contributed by atoms with Crippen LogP contribution in [0.25, 0.3) is 0 Å². The predicted octanol–water partition coefficient (Wildman–Crippen LogP) is 2.75. The Labute approximate surface area is 78.8 Å². The topological polar surface area (TPSA) is 17.1 Å². The summed E-state index contributed by atoms with van der Waals surface area (Å²) in [6.07, 6.45) is 1.51. The fourth-order valence-corrected chi connectivity index (χ4v) is 1.99. The van der Waals surface area contributed by atoms with Crippen LogP contribution in [0, 0.1) is 13.8 Å². The highest BCUT2D eigenvalue weighted by atomic mass is 16.1. The Morgan fingerprint density at radius 3 is 2.46 bits per heavy atom. The van der Waals surface area contributed by atoms with E-state index < -0.39 is 0 Å². The number of hydrogen-bond donors (Lipinski definition) is 0. The third kappa shape index (κ3) is 1.51. The van der Waals surface area contributed by atoms with Crippen molar-refractivity contribution < 1.29 is 4.79 Å². The quantitative estimate of drug-likeness (QED) is 0.639. The number of benzene rings is 1. The fraction of sp³-hybridized carbons (Fsp3) is 0.417. The molecule has 1 fully saturated rings. The molecule has 68 valence electrons. The second kappa shape index (κ2) is 2.99. The van der Waals surface area contributed by atoms with Crippen LogP contribution in [-0.2, 0) is 4.79 Å². The largest absolute Gasteiger partial charge is 0.300 e. The number of Topliss-reactive ketones (excluding diaryl/α,β-unsaturated/α-hetero) is 1. The molecule has 0 heterocycles. The van der Waals surface area contributed by atoms with Crippen molar-refractivity contribution >= 4 is 5.78 Å². The van der Waals surface area contributed by atoms with E-state index in [1.807, 2.05) is 0 Å².